The second kappa shape index (κ2) is 9.61. The predicted molar refractivity (Wildman–Crippen MR) is 156 cm³/mol. The number of rotatable bonds is 4. The van der Waals surface area contributed by atoms with E-state index in [2.05, 4.69) is 67.6 Å². The van der Waals surface area contributed by atoms with Gasteiger partial charge in [0.05, 0.1) is 17.3 Å². The molecule has 2 N–H and O–H groups in total. The van der Waals surface area contributed by atoms with E-state index >= 15 is 0 Å². The largest absolute Gasteiger partial charge is 0.446 e. The fourth-order valence-electron chi connectivity index (χ4n) is 11.9. The fraction of sp³-hybridized carbons (Fsp3) is 0.971. The Hall–Kier alpha value is -0.810. The van der Waals surface area contributed by atoms with E-state index in [0.717, 1.165) is 38.5 Å². The van der Waals surface area contributed by atoms with Gasteiger partial charge in [-0.25, -0.2) is 4.79 Å². The van der Waals surface area contributed by atoms with Crippen molar-refractivity contribution in [3.8, 4) is 0 Å². The van der Waals surface area contributed by atoms with E-state index in [0.29, 0.717) is 30.2 Å². The summed E-state index contributed by atoms with van der Waals surface area (Å²) in [5.41, 5.74) is 0.123. The Labute approximate surface area is 238 Å². The molecular weight excluding hydrogens is 486 g/mol. The summed E-state index contributed by atoms with van der Waals surface area (Å²) in [6, 6.07) is 0. The van der Waals surface area contributed by atoms with Crippen LogP contribution in [-0.4, -0.2) is 41.2 Å². The molecule has 1 aliphatic heterocycles. The molecule has 5 rings (SSSR count). The number of aliphatic hydroxyl groups is 1. The summed E-state index contributed by atoms with van der Waals surface area (Å²) in [6.45, 7) is 22.0. The minimum absolute atomic E-state index is 0.0590. The molecular formula is C34H59NO4. The molecule has 0 aromatic rings. The first kappa shape index (κ1) is 29.7. The van der Waals surface area contributed by atoms with Crippen molar-refractivity contribution in [2.75, 3.05) is 6.54 Å². The topological polar surface area (TPSA) is 67.8 Å². The molecule has 0 spiro atoms. The highest BCUT2D eigenvalue weighted by molar-refractivity contribution is 5.67. The average molecular weight is 546 g/mol. The lowest BCUT2D eigenvalue weighted by atomic mass is 9.35. The van der Waals surface area contributed by atoms with E-state index in [1.54, 1.807) is 0 Å². The van der Waals surface area contributed by atoms with Gasteiger partial charge in [0.1, 0.15) is 6.10 Å². The van der Waals surface area contributed by atoms with Crippen LogP contribution in [0.2, 0.25) is 0 Å². The zero-order valence-electron chi connectivity index (χ0n) is 26.6. The van der Waals surface area contributed by atoms with Gasteiger partial charge in [0.2, 0.25) is 0 Å². The molecule has 39 heavy (non-hydrogen) atoms. The molecule has 0 radical (unpaired) electrons. The molecule has 0 unspecified atom stereocenters. The summed E-state index contributed by atoms with van der Waals surface area (Å²) in [6.07, 6.45) is 11.4. The summed E-state index contributed by atoms with van der Waals surface area (Å²) < 4.78 is 13.0. The van der Waals surface area contributed by atoms with Crippen molar-refractivity contribution in [1.29, 1.82) is 0 Å². The smallest absolute Gasteiger partial charge is 0.407 e. The minimum Gasteiger partial charge on any atom is -0.446 e. The number of alkyl carbamates (subject to hydrolysis) is 1. The van der Waals surface area contributed by atoms with E-state index in [4.69, 9.17) is 9.47 Å². The molecule has 5 aliphatic rings. The second-order valence-corrected chi connectivity index (χ2v) is 16.7. The molecule has 1 amide bonds. The third-order valence-electron chi connectivity index (χ3n) is 13.8. The molecule has 10 atom stereocenters. The predicted octanol–water partition coefficient (Wildman–Crippen LogP) is 7.88. The molecule has 4 saturated carbocycles. The van der Waals surface area contributed by atoms with Crippen molar-refractivity contribution in [3.63, 3.8) is 0 Å². The van der Waals surface area contributed by atoms with Gasteiger partial charge in [-0.3, -0.25) is 0 Å². The van der Waals surface area contributed by atoms with Crippen LogP contribution in [0.5, 0.6) is 0 Å². The highest BCUT2D eigenvalue weighted by Crippen LogP contribution is 2.76. The van der Waals surface area contributed by atoms with Crippen LogP contribution in [0.4, 0.5) is 4.79 Å². The van der Waals surface area contributed by atoms with Gasteiger partial charge in [-0.2, -0.15) is 0 Å². The third-order valence-corrected chi connectivity index (χ3v) is 13.8. The quantitative estimate of drug-likeness (QED) is 0.377. The first-order valence-electron chi connectivity index (χ1n) is 16.4. The summed E-state index contributed by atoms with van der Waals surface area (Å²) in [4.78, 5) is 12.5. The first-order chi connectivity index (χ1) is 18.0. The van der Waals surface area contributed by atoms with Crippen LogP contribution < -0.4 is 5.32 Å². The van der Waals surface area contributed by atoms with Crippen molar-refractivity contribution < 1.29 is 19.4 Å². The molecule has 5 fully saturated rings. The maximum atomic E-state index is 12.5. The first-order valence-corrected chi connectivity index (χ1v) is 16.4. The number of aliphatic hydroxyl groups excluding tert-OH is 1. The Morgan fingerprint density at radius 3 is 2.26 bits per heavy atom. The zero-order chi connectivity index (χ0) is 28.6. The van der Waals surface area contributed by atoms with Crippen LogP contribution in [0.25, 0.3) is 0 Å². The molecule has 5 nitrogen and oxygen atoms in total. The molecule has 5 heteroatoms. The lowest BCUT2D eigenvalue weighted by Gasteiger charge is -2.70. The van der Waals surface area contributed by atoms with Crippen LogP contribution in [0, 0.1) is 45.3 Å². The van der Waals surface area contributed by atoms with E-state index in [1.807, 2.05) is 0 Å². The summed E-state index contributed by atoms with van der Waals surface area (Å²) in [5, 5.41) is 15.0. The number of carbonyl (C=O) groups is 1. The van der Waals surface area contributed by atoms with Gasteiger partial charge in [-0.05, 0) is 131 Å². The number of hydrogen-bond acceptors (Lipinski definition) is 4. The van der Waals surface area contributed by atoms with Crippen molar-refractivity contribution in [2.45, 2.75) is 156 Å². The van der Waals surface area contributed by atoms with Crippen LogP contribution in [0.15, 0.2) is 0 Å². The molecule has 224 valence electrons. The normalized spacial score (nSPS) is 50.3. The van der Waals surface area contributed by atoms with Gasteiger partial charge in [0.25, 0.3) is 0 Å². The summed E-state index contributed by atoms with van der Waals surface area (Å²) >= 11 is 0. The van der Waals surface area contributed by atoms with Crippen molar-refractivity contribution >= 4 is 6.09 Å². The Bertz CT molecular complexity index is 947. The SMILES string of the molecule is CCCNC(=O)O[C@H]1CC[C@]2(C)[C@H]3C[C@@H](O)[C@@H]4[C@@H]([C@@]5(C)CCCC(C)(C)O5)CC[C@@]4(C)[C@]3(C)CC[C@H]2C1(C)C. The van der Waals surface area contributed by atoms with E-state index in [1.165, 1.54) is 32.1 Å². The molecule has 1 heterocycles. The lowest BCUT2D eigenvalue weighted by molar-refractivity contribution is -0.257. The maximum Gasteiger partial charge on any atom is 0.407 e. The molecule has 0 bridgehead atoms. The van der Waals surface area contributed by atoms with E-state index < -0.39 is 0 Å². The van der Waals surface area contributed by atoms with Gasteiger partial charge < -0.3 is 19.9 Å². The Balaban J connectivity index is 1.42. The van der Waals surface area contributed by atoms with Crippen LogP contribution >= 0.6 is 0 Å². The zero-order valence-corrected chi connectivity index (χ0v) is 26.6. The van der Waals surface area contributed by atoms with Crippen molar-refractivity contribution in [2.24, 2.45) is 45.3 Å². The van der Waals surface area contributed by atoms with Crippen molar-refractivity contribution in [3.05, 3.63) is 0 Å². The fourth-order valence-corrected chi connectivity index (χ4v) is 11.9. The van der Waals surface area contributed by atoms with Gasteiger partial charge in [-0.1, -0.05) is 41.5 Å². The van der Waals surface area contributed by atoms with Crippen LogP contribution in [-0.2, 0) is 9.47 Å². The molecule has 1 saturated heterocycles. The summed E-state index contributed by atoms with van der Waals surface area (Å²) in [7, 11) is 0. The number of carbonyl (C=O) groups excluding carboxylic acids is 1. The number of nitrogens with one attached hydrogen (secondary N) is 1. The number of ether oxygens (including phenoxy) is 2. The van der Waals surface area contributed by atoms with Crippen LogP contribution in [0.1, 0.15) is 133 Å². The second-order valence-electron chi connectivity index (χ2n) is 16.7. The van der Waals surface area contributed by atoms with Gasteiger partial charge >= 0.3 is 6.09 Å². The molecule has 0 aromatic carbocycles. The van der Waals surface area contributed by atoms with Gasteiger partial charge in [0.15, 0.2) is 0 Å². The number of amides is 1. The summed E-state index contributed by atoms with van der Waals surface area (Å²) in [5.74, 6) is 1.67. The highest BCUT2D eigenvalue weighted by Gasteiger charge is 2.72. The molecule has 4 aliphatic carbocycles. The number of hydrogen-bond donors (Lipinski definition) is 2. The Kier molecular flexibility index (Phi) is 7.31. The maximum absolute atomic E-state index is 12.5. The van der Waals surface area contributed by atoms with Gasteiger partial charge in [0, 0.05) is 12.0 Å². The Morgan fingerprint density at radius 1 is 0.897 bits per heavy atom. The standard InChI is InChI=1S/C34H59NO4/c1-10-20-35-28(37)38-26-14-17-31(6)24(30(26,4)5)13-19-32(7)25(31)21-23(36)27-22(12-18-33(27,32)8)34(9)16-11-15-29(2,3)39-34/h22-27,36H,10-21H2,1-9H3,(H,35,37)/t22-,23+,24-,25+,26-,27-,31-,32+,33+,34+/m0/s1. The van der Waals surface area contributed by atoms with Crippen LogP contribution in [0.3, 0.4) is 0 Å². The average Bonchev–Trinajstić information content (AvgIpc) is 3.21. The van der Waals surface area contributed by atoms with Gasteiger partial charge in [-0.15, -0.1) is 0 Å². The van der Waals surface area contributed by atoms with E-state index in [9.17, 15) is 9.90 Å². The van der Waals surface area contributed by atoms with Crippen molar-refractivity contribution in [1.82, 2.24) is 5.32 Å². The lowest BCUT2D eigenvalue weighted by Crippen LogP contribution is -2.67. The Morgan fingerprint density at radius 2 is 1.59 bits per heavy atom. The highest BCUT2D eigenvalue weighted by atomic mass is 16.6. The number of fused-ring (bicyclic) bond motifs is 5. The molecule has 0 aromatic heterocycles. The van der Waals surface area contributed by atoms with E-state index in [-0.39, 0.29) is 51.2 Å². The minimum atomic E-state index is -0.279. The third kappa shape index (κ3) is 4.41. The monoisotopic (exact) mass is 545 g/mol.